The summed E-state index contributed by atoms with van der Waals surface area (Å²) >= 11 is 1.82. The lowest BCUT2D eigenvalue weighted by Crippen LogP contribution is -2.37. The van der Waals surface area contributed by atoms with Crippen LogP contribution in [0, 0.1) is 0 Å². The van der Waals surface area contributed by atoms with E-state index in [4.69, 9.17) is 15.0 Å². The predicted molar refractivity (Wildman–Crippen MR) is 232 cm³/mol. The van der Waals surface area contributed by atoms with E-state index in [0.717, 1.165) is 27.1 Å². The molecule has 0 saturated carbocycles. The Morgan fingerprint density at radius 2 is 0.930 bits per heavy atom. The number of hydrogen-bond acceptors (Lipinski definition) is 4. The molecule has 1 atom stereocenters. The lowest BCUT2D eigenvalue weighted by Gasteiger charge is -2.45. The first-order valence-corrected chi connectivity index (χ1v) is 20.1. The van der Waals surface area contributed by atoms with Crippen LogP contribution in [-0.4, -0.2) is 19.5 Å². The molecule has 0 N–H and O–H groups in total. The largest absolute Gasteiger partial charge is 0.309 e. The van der Waals surface area contributed by atoms with Crippen molar-refractivity contribution in [3.63, 3.8) is 0 Å². The third-order valence-electron chi connectivity index (χ3n) is 11.7. The molecule has 0 radical (unpaired) electrons. The Morgan fingerprint density at radius 1 is 0.386 bits per heavy atom. The van der Waals surface area contributed by atoms with Gasteiger partial charge in [-0.1, -0.05) is 188 Å². The molecule has 4 heterocycles. The average molecular weight is 745 g/mol. The molecule has 5 heteroatoms. The first kappa shape index (κ1) is 32.2. The Bertz CT molecular complexity index is 3210. The molecule has 2 aliphatic heterocycles. The minimum Gasteiger partial charge on any atom is -0.309 e. The third kappa shape index (κ3) is 4.67. The van der Waals surface area contributed by atoms with Gasteiger partial charge in [-0.25, -0.2) is 15.0 Å². The summed E-state index contributed by atoms with van der Waals surface area (Å²) in [5.74, 6) is 1.94. The molecule has 0 saturated heterocycles. The number of benzene rings is 8. The van der Waals surface area contributed by atoms with Crippen LogP contribution in [0.5, 0.6) is 0 Å². The van der Waals surface area contributed by atoms with Gasteiger partial charge in [0.2, 0.25) is 0 Å². The van der Waals surface area contributed by atoms with Gasteiger partial charge in [0, 0.05) is 37.3 Å². The van der Waals surface area contributed by atoms with Crippen molar-refractivity contribution in [1.29, 1.82) is 0 Å². The lowest BCUT2D eigenvalue weighted by atomic mass is 9.62. The Morgan fingerprint density at radius 3 is 1.74 bits per heavy atom. The van der Waals surface area contributed by atoms with Crippen molar-refractivity contribution in [3.05, 3.63) is 216 Å². The van der Waals surface area contributed by atoms with Crippen LogP contribution in [0.1, 0.15) is 22.3 Å². The molecule has 2 aliphatic rings. The van der Waals surface area contributed by atoms with Crippen molar-refractivity contribution >= 4 is 33.6 Å². The van der Waals surface area contributed by atoms with Gasteiger partial charge in [-0.3, -0.25) is 0 Å². The van der Waals surface area contributed by atoms with Crippen LogP contribution in [0.4, 0.5) is 0 Å². The van der Waals surface area contributed by atoms with Crippen LogP contribution in [0.15, 0.2) is 204 Å². The van der Waals surface area contributed by atoms with Gasteiger partial charge < -0.3 is 4.57 Å². The summed E-state index contributed by atoms with van der Waals surface area (Å²) in [7, 11) is 0. The first-order valence-electron chi connectivity index (χ1n) is 19.3. The second kappa shape index (κ2) is 12.5. The maximum Gasteiger partial charge on any atom is 0.165 e. The van der Waals surface area contributed by atoms with E-state index in [-0.39, 0.29) is 0 Å². The predicted octanol–water partition coefficient (Wildman–Crippen LogP) is 12.8. The molecule has 0 fully saturated rings. The van der Waals surface area contributed by atoms with E-state index in [2.05, 4.69) is 174 Å². The summed E-state index contributed by atoms with van der Waals surface area (Å²) < 4.78 is 2.49. The van der Waals surface area contributed by atoms with Gasteiger partial charge in [0.15, 0.2) is 17.5 Å². The summed E-state index contributed by atoms with van der Waals surface area (Å²) in [5.41, 5.74) is 13.3. The van der Waals surface area contributed by atoms with Crippen LogP contribution < -0.4 is 0 Å². The van der Waals surface area contributed by atoms with Gasteiger partial charge in [-0.2, -0.15) is 0 Å². The van der Waals surface area contributed by atoms with Crippen molar-refractivity contribution in [2.45, 2.75) is 15.2 Å². The fourth-order valence-corrected chi connectivity index (χ4v) is 10.6. The smallest absolute Gasteiger partial charge is 0.165 e. The van der Waals surface area contributed by atoms with Crippen molar-refractivity contribution in [3.8, 4) is 51.0 Å². The van der Waals surface area contributed by atoms with Crippen LogP contribution in [-0.2, 0) is 5.41 Å². The van der Waals surface area contributed by atoms with Gasteiger partial charge in [-0.05, 0) is 51.6 Å². The molecule has 2 aromatic heterocycles. The van der Waals surface area contributed by atoms with E-state index in [1.165, 1.54) is 60.2 Å². The van der Waals surface area contributed by atoms with Crippen molar-refractivity contribution < 1.29 is 0 Å². The van der Waals surface area contributed by atoms with E-state index < -0.39 is 5.41 Å². The molecule has 0 bridgehead atoms. The Hall–Kier alpha value is -7.08. The number of para-hydroxylation sites is 3. The van der Waals surface area contributed by atoms with Crippen LogP contribution in [0.2, 0.25) is 0 Å². The lowest BCUT2D eigenvalue weighted by molar-refractivity contribution is 0.690. The van der Waals surface area contributed by atoms with Crippen LogP contribution >= 0.6 is 11.8 Å². The summed E-state index contributed by atoms with van der Waals surface area (Å²) in [4.78, 5) is 18.1. The van der Waals surface area contributed by atoms with Crippen molar-refractivity contribution in [2.75, 3.05) is 0 Å². The highest BCUT2D eigenvalue weighted by atomic mass is 32.2. The normalized spacial score (nSPS) is 15.0. The quantitative estimate of drug-likeness (QED) is 0.180. The van der Waals surface area contributed by atoms with Crippen LogP contribution in [0.25, 0.3) is 72.8 Å². The third-order valence-corrected chi connectivity index (χ3v) is 12.9. The van der Waals surface area contributed by atoms with Gasteiger partial charge in [0.05, 0.1) is 22.1 Å². The van der Waals surface area contributed by atoms with Crippen molar-refractivity contribution in [2.24, 2.45) is 0 Å². The molecule has 57 heavy (non-hydrogen) atoms. The number of aromatic nitrogens is 4. The Balaban J connectivity index is 1.13. The molecule has 266 valence electrons. The maximum atomic E-state index is 5.31. The zero-order valence-corrected chi connectivity index (χ0v) is 31.5. The minimum atomic E-state index is -0.598. The average Bonchev–Trinajstić information content (AvgIpc) is 3.63. The van der Waals surface area contributed by atoms with E-state index in [1.807, 2.05) is 36.0 Å². The van der Waals surface area contributed by atoms with Gasteiger partial charge in [-0.15, -0.1) is 0 Å². The monoisotopic (exact) mass is 744 g/mol. The van der Waals surface area contributed by atoms with E-state index in [0.29, 0.717) is 17.5 Å². The molecular weight excluding hydrogens is 713 g/mol. The zero-order chi connectivity index (χ0) is 37.5. The highest BCUT2D eigenvalue weighted by molar-refractivity contribution is 7.99. The Kier molecular flexibility index (Phi) is 7.04. The number of nitrogens with zero attached hydrogens (tertiary/aromatic N) is 4. The fraction of sp³-hybridized carbons (Fsp3) is 0.0192. The van der Waals surface area contributed by atoms with E-state index in [9.17, 15) is 0 Å². The molecule has 0 amide bonds. The molecular formula is C52H32N4S. The number of hydrogen-bond donors (Lipinski definition) is 0. The Labute approximate surface area is 334 Å². The molecule has 10 aromatic rings. The molecule has 1 spiro atoms. The SMILES string of the molecule is c1ccc(-c2ccc(-c3nc(-c4ccccc4)nc(-c4cccc5c4Sc4ccccc4C54c5ccccc5-n5c6ccccc6c6cccc4c65)n3)cc2)cc1. The first-order chi connectivity index (χ1) is 28.3. The molecule has 4 nitrogen and oxygen atoms in total. The zero-order valence-electron chi connectivity index (χ0n) is 30.7. The van der Waals surface area contributed by atoms with Gasteiger partial charge in [0.25, 0.3) is 0 Å². The topological polar surface area (TPSA) is 43.6 Å². The van der Waals surface area contributed by atoms with Crippen molar-refractivity contribution in [1.82, 2.24) is 19.5 Å². The summed E-state index contributed by atoms with van der Waals surface area (Å²) in [5, 5.41) is 2.52. The van der Waals surface area contributed by atoms with E-state index in [1.54, 1.807) is 0 Å². The number of fused-ring (bicyclic) bond motifs is 11. The molecule has 1 unspecified atom stereocenters. The summed E-state index contributed by atoms with van der Waals surface area (Å²) in [6.45, 7) is 0. The fourth-order valence-electron chi connectivity index (χ4n) is 9.31. The second-order valence-electron chi connectivity index (χ2n) is 14.7. The second-order valence-corrected chi connectivity index (χ2v) is 15.8. The van der Waals surface area contributed by atoms with Crippen LogP contribution in [0.3, 0.4) is 0 Å². The minimum absolute atomic E-state index is 0.598. The molecule has 8 aromatic carbocycles. The van der Waals surface area contributed by atoms with Gasteiger partial charge >= 0.3 is 0 Å². The summed E-state index contributed by atoms with van der Waals surface area (Å²) in [6, 6.07) is 69.6. The highest BCUT2D eigenvalue weighted by Gasteiger charge is 2.50. The highest BCUT2D eigenvalue weighted by Crippen LogP contribution is 2.61. The standard InChI is InChI=1S/C52H32N4S/c1-3-15-33(16-4-1)34-29-31-36(32-30-34)50-53-49(35-17-5-2-6-18-35)54-51(55-50)39-21-14-25-43-48(39)57-46-28-12-9-23-41(46)52(43)40-22-8-11-27-45(40)56-44-26-10-7-19-37(44)38-20-13-24-42(52)47(38)56/h1-32H. The van der Waals surface area contributed by atoms with E-state index >= 15 is 0 Å². The summed E-state index contributed by atoms with van der Waals surface area (Å²) in [6.07, 6.45) is 0. The maximum absolute atomic E-state index is 5.31. The van der Waals surface area contributed by atoms with Gasteiger partial charge in [0.1, 0.15) is 0 Å². The number of rotatable bonds is 4. The molecule has 0 aliphatic carbocycles. The molecule has 12 rings (SSSR count).